The first-order valence-corrected chi connectivity index (χ1v) is 7.03. The van der Waals surface area contributed by atoms with Crippen molar-refractivity contribution in [2.45, 2.75) is 20.8 Å². The van der Waals surface area contributed by atoms with Crippen LogP contribution in [0.1, 0.15) is 31.1 Å². The number of piperazine rings is 1. The summed E-state index contributed by atoms with van der Waals surface area (Å²) in [4.78, 5) is 28.2. The lowest BCUT2D eigenvalue weighted by molar-refractivity contribution is -0.140. The summed E-state index contributed by atoms with van der Waals surface area (Å²) in [5.41, 5.74) is 0.356. The van der Waals surface area contributed by atoms with Crippen molar-refractivity contribution in [1.29, 1.82) is 0 Å². The zero-order valence-electron chi connectivity index (χ0n) is 12.4. The van der Waals surface area contributed by atoms with E-state index in [1.165, 1.54) is 0 Å². The number of hydrogen-bond donors (Lipinski definition) is 0. The highest BCUT2D eigenvalue weighted by Gasteiger charge is 2.30. The van der Waals surface area contributed by atoms with Crippen molar-refractivity contribution in [2.24, 2.45) is 5.41 Å². The van der Waals surface area contributed by atoms with Crippen LogP contribution in [0, 0.1) is 5.41 Å². The fourth-order valence-electron chi connectivity index (χ4n) is 2.35. The van der Waals surface area contributed by atoms with Gasteiger partial charge < -0.3 is 9.80 Å². The summed E-state index contributed by atoms with van der Waals surface area (Å²) in [6, 6.07) is 9.29. The van der Waals surface area contributed by atoms with Crippen LogP contribution in [0.3, 0.4) is 0 Å². The van der Waals surface area contributed by atoms with Gasteiger partial charge in [-0.3, -0.25) is 9.59 Å². The van der Waals surface area contributed by atoms with E-state index in [4.69, 9.17) is 0 Å². The first-order valence-electron chi connectivity index (χ1n) is 7.03. The van der Waals surface area contributed by atoms with Crippen molar-refractivity contribution in [3.63, 3.8) is 0 Å². The van der Waals surface area contributed by atoms with E-state index < -0.39 is 0 Å². The lowest BCUT2D eigenvalue weighted by atomic mass is 9.94. The summed E-state index contributed by atoms with van der Waals surface area (Å²) in [6.45, 7) is 8.24. The van der Waals surface area contributed by atoms with Gasteiger partial charge in [-0.1, -0.05) is 39.0 Å². The van der Waals surface area contributed by atoms with Gasteiger partial charge in [0.1, 0.15) is 0 Å². The standard InChI is InChI=1S/C16H22N2O2/c1-16(2,3)15(20)18-11-9-17(10-12-18)14(19)13-7-5-4-6-8-13/h4-8H,9-12H2,1-3H3. The molecule has 1 aliphatic heterocycles. The molecule has 1 aromatic carbocycles. The molecule has 2 amide bonds. The molecule has 4 nitrogen and oxygen atoms in total. The van der Waals surface area contributed by atoms with Gasteiger partial charge in [0.25, 0.3) is 5.91 Å². The second-order valence-corrected chi connectivity index (χ2v) is 6.20. The number of hydrogen-bond acceptors (Lipinski definition) is 2. The largest absolute Gasteiger partial charge is 0.339 e. The minimum atomic E-state index is -0.356. The van der Waals surface area contributed by atoms with Crippen molar-refractivity contribution in [2.75, 3.05) is 26.2 Å². The average molecular weight is 274 g/mol. The molecule has 0 unspecified atom stereocenters. The lowest BCUT2D eigenvalue weighted by Crippen LogP contribution is -2.53. The molecule has 0 spiro atoms. The van der Waals surface area contributed by atoms with Crippen LogP contribution in [0.2, 0.25) is 0 Å². The van der Waals surface area contributed by atoms with Gasteiger partial charge in [-0.25, -0.2) is 0 Å². The maximum atomic E-state index is 12.3. The molecular formula is C16H22N2O2. The van der Waals surface area contributed by atoms with Crippen LogP contribution in [0.4, 0.5) is 0 Å². The van der Waals surface area contributed by atoms with Crippen molar-refractivity contribution in [3.8, 4) is 0 Å². The van der Waals surface area contributed by atoms with Crippen LogP contribution in [-0.2, 0) is 4.79 Å². The topological polar surface area (TPSA) is 40.6 Å². The van der Waals surface area contributed by atoms with E-state index in [2.05, 4.69) is 0 Å². The highest BCUT2D eigenvalue weighted by Crippen LogP contribution is 2.19. The predicted molar refractivity (Wildman–Crippen MR) is 78.4 cm³/mol. The molecule has 1 aliphatic rings. The highest BCUT2D eigenvalue weighted by molar-refractivity contribution is 5.94. The van der Waals surface area contributed by atoms with E-state index in [0.717, 1.165) is 0 Å². The molecule has 0 aromatic heterocycles. The summed E-state index contributed by atoms with van der Waals surface area (Å²) in [7, 11) is 0. The SMILES string of the molecule is CC(C)(C)C(=O)N1CCN(C(=O)c2ccccc2)CC1. The molecule has 0 bridgehead atoms. The number of nitrogens with zero attached hydrogens (tertiary/aromatic N) is 2. The molecule has 1 heterocycles. The second kappa shape index (κ2) is 5.65. The van der Waals surface area contributed by atoms with Gasteiger partial charge in [0.15, 0.2) is 0 Å². The summed E-state index contributed by atoms with van der Waals surface area (Å²) >= 11 is 0. The molecular weight excluding hydrogens is 252 g/mol. The molecule has 0 saturated carbocycles. The van der Waals surface area contributed by atoms with Crippen LogP contribution in [0.5, 0.6) is 0 Å². The van der Waals surface area contributed by atoms with Crippen LogP contribution >= 0.6 is 0 Å². The summed E-state index contributed by atoms with van der Waals surface area (Å²) in [5.74, 6) is 0.206. The van der Waals surface area contributed by atoms with Crippen molar-refractivity contribution < 1.29 is 9.59 Å². The van der Waals surface area contributed by atoms with Crippen molar-refractivity contribution >= 4 is 11.8 Å². The molecule has 1 aromatic rings. The molecule has 2 rings (SSSR count). The van der Waals surface area contributed by atoms with E-state index in [9.17, 15) is 9.59 Å². The fourth-order valence-corrected chi connectivity index (χ4v) is 2.35. The maximum absolute atomic E-state index is 12.3. The summed E-state index contributed by atoms with van der Waals surface area (Å²) in [6.07, 6.45) is 0. The van der Waals surface area contributed by atoms with Crippen LogP contribution in [0.15, 0.2) is 30.3 Å². The Kier molecular flexibility index (Phi) is 4.12. The maximum Gasteiger partial charge on any atom is 0.253 e. The van der Waals surface area contributed by atoms with Crippen molar-refractivity contribution in [1.82, 2.24) is 9.80 Å². The molecule has 0 aliphatic carbocycles. The zero-order valence-corrected chi connectivity index (χ0v) is 12.4. The molecule has 1 fully saturated rings. The van der Waals surface area contributed by atoms with E-state index in [1.807, 2.05) is 60.9 Å². The molecule has 20 heavy (non-hydrogen) atoms. The number of rotatable bonds is 1. The molecule has 1 saturated heterocycles. The summed E-state index contributed by atoms with van der Waals surface area (Å²) in [5, 5.41) is 0. The first-order chi connectivity index (χ1) is 9.39. The van der Waals surface area contributed by atoms with Crippen LogP contribution in [0.25, 0.3) is 0 Å². The van der Waals surface area contributed by atoms with E-state index in [1.54, 1.807) is 0 Å². The van der Waals surface area contributed by atoms with Gasteiger partial charge in [-0.05, 0) is 12.1 Å². The Hall–Kier alpha value is -1.84. The van der Waals surface area contributed by atoms with E-state index >= 15 is 0 Å². The Balaban J connectivity index is 1.95. The van der Waals surface area contributed by atoms with Crippen LogP contribution < -0.4 is 0 Å². The summed E-state index contributed by atoms with van der Waals surface area (Å²) < 4.78 is 0. The minimum Gasteiger partial charge on any atom is -0.339 e. The Bertz CT molecular complexity index is 483. The number of amides is 2. The molecule has 0 atom stereocenters. The van der Waals surface area contributed by atoms with Gasteiger partial charge >= 0.3 is 0 Å². The van der Waals surface area contributed by atoms with E-state index in [-0.39, 0.29) is 17.2 Å². The quantitative estimate of drug-likeness (QED) is 0.786. The average Bonchev–Trinajstić information content (AvgIpc) is 2.46. The predicted octanol–water partition coefficient (Wildman–Crippen LogP) is 2.02. The minimum absolute atomic E-state index is 0.0495. The third-order valence-corrected chi connectivity index (χ3v) is 3.52. The number of benzene rings is 1. The Morgan fingerprint density at radius 3 is 1.90 bits per heavy atom. The third-order valence-electron chi connectivity index (χ3n) is 3.52. The van der Waals surface area contributed by atoms with Gasteiger partial charge in [0.2, 0.25) is 5.91 Å². The van der Waals surface area contributed by atoms with Gasteiger partial charge in [0, 0.05) is 37.2 Å². The fraction of sp³-hybridized carbons (Fsp3) is 0.500. The first kappa shape index (κ1) is 14.6. The molecule has 0 radical (unpaired) electrons. The normalized spacial score (nSPS) is 16.1. The highest BCUT2D eigenvalue weighted by atomic mass is 16.2. The molecule has 0 N–H and O–H groups in total. The number of carbonyl (C=O) groups is 2. The molecule has 4 heteroatoms. The Morgan fingerprint density at radius 2 is 1.40 bits per heavy atom. The molecule has 108 valence electrons. The third kappa shape index (κ3) is 3.18. The Labute approximate surface area is 120 Å². The second-order valence-electron chi connectivity index (χ2n) is 6.20. The zero-order chi connectivity index (χ0) is 14.8. The van der Waals surface area contributed by atoms with E-state index in [0.29, 0.717) is 31.7 Å². The monoisotopic (exact) mass is 274 g/mol. The van der Waals surface area contributed by atoms with Gasteiger partial charge in [-0.2, -0.15) is 0 Å². The van der Waals surface area contributed by atoms with Crippen molar-refractivity contribution in [3.05, 3.63) is 35.9 Å². The van der Waals surface area contributed by atoms with Gasteiger partial charge in [0.05, 0.1) is 0 Å². The van der Waals surface area contributed by atoms with Gasteiger partial charge in [-0.15, -0.1) is 0 Å². The Morgan fingerprint density at radius 1 is 0.900 bits per heavy atom. The smallest absolute Gasteiger partial charge is 0.253 e. The van der Waals surface area contributed by atoms with Crippen LogP contribution in [-0.4, -0.2) is 47.8 Å². The number of carbonyl (C=O) groups excluding carboxylic acids is 2. The lowest BCUT2D eigenvalue weighted by Gasteiger charge is -2.37.